The van der Waals surface area contributed by atoms with Gasteiger partial charge in [-0.3, -0.25) is 0 Å². The fourth-order valence-corrected chi connectivity index (χ4v) is 2.23. The maximum absolute atomic E-state index is 12.9. The van der Waals surface area contributed by atoms with Gasteiger partial charge in [-0.25, -0.2) is 9.48 Å². The molecule has 0 atom stereocenters. The Bertz CT molecular complexity index is 729. The Labute approximate surface area is 134 Å². The Morgan fingerprint density at radius 1 is 1.43 bits per heavy atom. The van der Waals surface area contributed by atoms with Crippen LogP contribution in [-0.4, -0.2) is 27.5 Å². The molecule has 0 aliphatic rings. The fourth-order valence-electron chi connectivity index (χ4n) is 1.94. The molecule has 2 aromatic rings. The second kappa shape index (κ2) is 6.59. The number of carbonyl (C=O) groups is 1. The fraction of sp³-hybridized carbons (Fsp3) is 0.286. The highest BCUT2D eigenvalue weighted by Gasteiger charge is 2.39. The standard InChI is InChI=1S/C14H12ClF3N2O3/c1-2-23-13(22)8-4-3-5-9(6-8)20-10(7-21)11(15)12(19-20)14(16,17)18/h3-6,21H,2,7H2,1H3. The van der Waals surface area contributed by atoms with Crippen molar-refractivity contribution in [3.63, 3.8) is 0 Å². The van der Waals surface area contributed by atoms with E-state index < -0.39 is 29.5 Å². The van der Waals surface area contributed by atoms with Gasteiger partial charge in [0.15, 0.2) is 5.69 Å². The minimum Gasteiger partial charge on any atom is -0.462 e. The van der Waals surface area contributed by atoms with Crippen LogP contribution in [0.5, 0.6) is 0 Å². The zero-order valence-electron chi connectivity index (χ0n) is 11.9. The lowest BCUT2D eigenvalue weighted by Crippen LogP contribution is -2.09. The molecule has 0 spiro atoms. The van der Waals surface area contributed by atoms with Gasteiger partial charge in [0.1, 0.15) is 0 Å². The van der Waals surface area contributed by atoms with Crippen molar-refractivity contribution in [3.05, 3.63) is 46.2 Å². The molecule has 0 bridgehead atoms. The summed E-state index contributed by atoms with van der Waals surface area (Å²) in [7, 11) is 0. The quantitative estimate of drug-likeness (QED) is 0.862. The number of hydrogen-bond donors (Lipinski definition) is 1. The Morgan fingerprint density at radius 2 is 2.13 bits per heavy atom. The van der Waals surface area contributed by atoms with E-state index in [1.54, 1.807) is 6.92 Å². The molecule has 1 aromatic heterocycles. The summed E-state index contributed by atoms with van der Waals surface area (Å²) < 4.78 is 44.3. The monoisotopic (exact) mass is 348 g/mol. The Kier molecular flexibility index (Phi) is 4.96. The number of alkyl halides is 3. The highest BCUT2D eigenvalue weighted by Crippen LogP contribution is 2.36. The number of esters is 1. The molecule has 0 saturated heterocycles. The van der Waals surface area contributed by atoms with Crippen LogP contribution in [0.2, 0.25) is 5.02 Å². The predicted molar refractivity (Wildman–Crippen MR) is 75.5 cm³/mol. The van der Waals surface area contributed by atoms with Crippen molar-refractivity contribution >= 4 is 17.6 Å². The molecular formula is C14H12ClF3N2O3. The van der Waals surface area contributed by atoms with Gasteiger partial charge in [0, 0.05) is 0 Å². The van der Waals surface area contributed by atoms with Gasteiger partial charge in [0.25, 0.3) is 0 Å². The van der Waals surface area contributed by atoms with Gasteiger partial charge in [-0.15, -0.1) is 0 Å². The van der Waals surface area contributed by atoms with Crippen LogP contribution in [0, 0.1) is 0 Å². The van der Waals surface area contributed by atoms with Crippen LogP contribution < -0.4 is 0 Å². The molecule has 2 rings (SSSR count). The van der Waals surface area contributed by atoms with E-state index in [0.29, 0.717) is 0 Å². The van der Waals surface area contributed by atoms with Gasteiger partial charge in [-0.05, 0) is 25.1 Å². The summed E-state index contributed by atoms with van der Waals surface area (Å²) in [6, 6.07) is 5.66. The molecule has 23 heavy (non-hydrogen) atoms. The van der Waals surface area contributed by atoms with E-state index in [1.807, 2.05) is 0 Å². The first kappa shape index (κ1) is 17.3. The molecule has 0 aliphatic heterocycles. The zero-order chi connectivity index (χ0) is 17.2. The van der Waals surface area contributed by atoms with Crippen molar-refractivity contribution < 1.29 is 27.8 Å². The van der Waals surface area contributed by atoms with Crippen LogP contribution in [0.25, 0.3) is 5.69 Å². The molecule has 0 aliphatic carbocycles. The topological polar surface area (TPSA) is 64.4 Å². The Balaban J connectivity index is 2.54. The van der Waals surface area contributed by atoms with Gasteiger partial charge in [-0.2, -0.15) is 18.3 Å². The second-order valence-electron chi connectivity index (χ2n) is 4.45. The summed E-state index contributed by atoms with van der Waals surface area (Å²) in [5, 5.41) is 12.0. The molecule has 124 valence electrons. The van der Waals surface area contributed by atoms with E-state index in [-0.39, 0.29) is 23.6 Å². The molecule has 0 radical (unpaired) electrons. The van der Waals surface area contributed by atoms with Gasteiger partial charge in [-0.1, -0.05) is 17.7 Å². The van der Waals surface area contributed by atoms with Crippen molar-refractivity contribution in [1.82, 2.24) is 9.78 Å². The summed E-state index contributed by atoms with van der Waals surface area (Å²) in [6.45, 7) is 1.05. The summed E-state index contributed by atoms with van der Waals surface area (Å²) >= 11 is 5.66. The van der Waals surface area contributed by atoms with Crippen molar-refractivity contribution in [3.8, 4) is 5.69 Å². The molecular weight excluding hydrogens is 337 g/mol. The molecule has 1 heterocycles. The molecule has 0 saturated carbocycles. The van der Waals surface area contributed by atoms with Crippen molar-refractivity contribution in [2.45, 2.75) is 19.7 Å². The van der Waals surface area contributed by atoms with Crippen LogP contribution >= 0.6 is 11.6 Å². The first-order valence-electron chi connectivity index (χ1n) is 6.52. The predicted octanol–water partition coefficient (Wildman–Crippen LogP) is 3.21. The van der Waals surface area contributed by atoms with Crippen molar-refractivity contribution in [2.75, 3.05) is 6.61 Å². The summed E-state index contributed by atoms with van der Waals surface area (Å²) in [5.41, 5.74) is -1.23. The lowest BCUT2D eigenvalue weighted by atomic mass is 10.2. The Morgan fingerprint density at radius 3 is 2.70 bits per heavy atom. The molecule has 1 N–H and O–H groups in total. The van der Waals surface area contributed by atoms with Gasteiger partial charge >= 0.3 is 12.1 Å². The Hall–Kier alpha value is -2.06. The number of rotatable bonds is 4. The first-order chi connectivity index (χ1) is 10.8. The van der Waals surface area contributed by atoms with Gasteiger partial charge in [0.05, 0.1) is 35.2 Å². The summed E-state index contributed by atoms with van der Waals surface area (Å²) in [5.74, 6) is -0.616. The van der Waals surface area contributed by atoms with Crippen LogP contribution in [0.4, 0.5) is 13.2 Å². The number of halogens is 4. The zero-order valence-corrected chi connectivity index (χ0v) is 12.6. The maximum Gasteiger partial charge on any atom is 0.436 e. The minimum absolute atomic E-state index is 0.147. The maximum atomic E-state index is 12.9. The number of ether oxygens (including phenoxy) is 1. The van der Waals surface area contributed by atoms with Crippen LogP contribution in [0.3, 0.4) is 0 Å². The number of aromatic nitrogens is 2. The molecule has 0 unspecified atom stereocenters. The highest BCUT2D eigenvalue weighted by atomic mass is 35.5. The molecule has 9 heteroatoms. The van der Waals surface area contributed by atoms with E-state index in [0.717, 1.165) is 4.68 Å². The van der Waals surface area contributed by atoms with Crippen LogP contribution in [0.15, 0.2) is 24.3 Å². The van der Waals surface area contributed by atoms with Crippen molar-refractivity contribution in [1.29, 1.82) is 0 Å². The normalized spacial score (nSPS) is 11.6. The minimum atomic E-state index is -4.76. The highest BCUT2D eigenvalue weighted by molar-refractivity contribution is 6.32. The third-order valence-corrected chi connectivity index (χ3v) is 3.33. The number of hydrogen-bond acceptors (Lipinski definition) is 4. The van der Waals surface area contributed by atoms with Gasteiger partial charge in [0.2, 0.25) is 0 Å². The van der Waals surface area contributed by atoms with Gasteiger partial charge < -0.3 is 9.84 Å². The number of carbonyl (C=O) groups excluding carboxylic acids is 1. The molecule has 0 fully saturated rings. The molecule has 5 nitrogen and oxygen atoms in total. The smallest absolute Gasteiger partial charge is 0.436 e. The van der Waals surface area contributed by atoms with E-state index in [9.17, 15) is 23.1 Å². The number of aliphatic hydroxyl groups excluding tert-OH is 1. The van der Waals surface area contributed by atoms with Crippen molar-refractivity contribution in [2.24, 2.45) is 0 Å². The number of benzene rings is 1. The van der Waals surface area contributed by atoms with E-state index in [2.05, 4.69) is 5.10 Å². The lowest BCUT2D eigenvalue weighted by molar-refractivity contribution is -0.141. The molecule has 0 amide bonds. The third kappa shape index (κ3) is 3.48. The SMILES string of the molecule is CCOC(=O)c1cccc(-n2nc(C(F)(F)F)c(Cl)c2CO)c1. The van der Waals surface area contributed by atoms with E-state index in [1.165, 1.54) is 24.3 Å². The third-order valence-electron chi connectivity index (χ3n) is 2.94. The molecule has 1 aromatic carbocycles. The number of aliphatic hydroxyl groups is 1. The average Bonchev–Trinajstić information content (AvgIpc) is 2.84. The number of nitrogens with zero attached hydrogens (tertiary/aromatic N) is 2. The van der Waals surface area contributed by atoms with Crippen LogP contribution in [-0.2, 0) is 17.5 Å². The first-order valence-corrected chi connectivity index (χ1v) is 6.90. The second-order valence-corrected chi connectivity index (χ2v) is 4.83. The van der Waals surface area contributed by atoms with Crippen LogP contribution in [0.1, 0.15) is 28.7 Å². The van der Waals surface area contributed by atoms with E-state index in [4.69, 9.17) is 16.3 Å². The lowest BCUT2D eigenvalue weighted by Gasteiger charge is -2.08. The summed E-state index contributed by atoms with van der Waals surface area (Å²) in [6.07, 6.45) is -4.76. The largest absolute Gasteiger partial charge is 0.462 e. The average molecular weight is 349 g/mol. The summed E-state index contributed by atoms with van der Waals surface area (Å²) in [4.78, 5) is 11.7. The van der Waals surface area contributed by atoms with E-state index >= 15 is 0 Å².